The number of rotatable bonds is 8. The highest BCUT2D eigenvalue weighted by atomic mass is 32.1. The molecule has 1 unspecified atom stereocenters. The molecule has 0 bridgehead atoms. The van der Waals surface area contributed by atoms with Gasteiger partial charge in [0.2, 0.25) is 0 Å². The Labute approximate surface area is 156 Å². The van der Waals surface area contributed by atoms with E-state index in [1.54, 1.807) is 13.1 Å². The highest BCUT2D eigenvalue weighted by molar-refractivity contribution is 7.15. The number of nitrogens with zero attached hydrogens (tertiary/aromatic N) is 2. The van der Waals surface area contributed by atoms with Crippen LogP contribution in [-0.4, -0.2) is 33.2 Å². The lowest BCUT2D eigenvalue weighted by atomic mass is 10.2. The third-order valence-electron chi connectivity index (χ3n) is 3.70. The summed E-state index contributed by atoms with van der Waals surface area (Å²) in [5.41, 5.74) is 0.815. The van der Waals surface area contributed by atoms with E-state index in [2.05, 4.69) is 10.3 Å². The number of anilines is 1. The van der Waals surface area contributed by atoms with Crippen LogP contribution in [0.4, 0.5) is 9.93 Å². The molecule has 0 fully saturated rings. The van der Waals surface area contributed by atoms with E-state index >= 15 is 0 Å². The molecule has 7 nitrogen and oxygen atoms in total. The standard InChI is InChI=1S/C18H23N3O4S/c1-4-14(16(22)20-17-19-10-15(26-17)12(2)3)21(18(23)24)25-11-13-8-6-5-7-9-13/h5-10,12,14H,4,11H2,1-3H3,(H,23,24)(H,19,20,22). The van der Waals surface area contributed by atoms with Gasteiger partial charge in [-0.3, -0.25) is 9.63 Å². The quantitative estimate of drug-likeness (QED) is 0.676. The van der Waals surface area contributed by atoms with Crippen molar-refractivity contribution in [1.82, 2.24) is 10.0 Å². The molecule has 0 aliphatic rings. The van der Waals surface area contributed by atoms with Gasteiger partial charge in [0, 0.05) is 11.1 Å². The number of carbonyl (C=O) groups excluding carboxylic acids is 1. The molecule has 2 aromatic rings. The molecular formula is C18H23N3O4S. The van der Waals surface area contributed by atoms with Gasteiger partial charge in [-0.2, -0.15) is 5.06 Å². The van der Waals surface area contributed by atoms with Gasteiger partial charge in [-0.25, -0.2) is 9.78 Å². The predicted molar refractivity (Wildman–Crippen MR) is 100 cm³/mol. The molecule has 0 saturated carbocycles. The second-order valence-electron chi connectivity index (χ2n) is 6.00. The number of aromatic nitrogens is 1. The SMILES string of the molecule is CCC(C(=O)Nc1ncc(C(C)C)s1)N(OCc1ccccc1)C(=O)O. The minimum Gasteiger partial charge on any atom is -0.463 e. The number of hydrogen-bond donors (Lipinski definition) is 2. The summed E-state index contributed by atoms with van der Waals surface area (Å²) in [6.45, 7) is 5.87. The Kier molecular flexibility index (Phi) is 7.11. The maximum absolute atomic E-state index is 12.6. The molecule has 2 N–H and O–H groups in total. The van der Waals surface area contributed by atoms with Crippen molar-refractivity contribution in [2.24, 2.45) is 0 Å². The van der Waals surface area contributed by atoms with E-state index in [0.29, 0.717) is 16.1 Å². The zero-order valence-corrected chi connectivity index (χ0v) is 15.8. The van der Waals surface area contributed by atoms with E-state index in [4.69, 9.17) is 4.84 Å². The molecule has 8 heteroatoms. The zero-order chi connectivity index (χ0) is 19.1. The maximum Gasteiger partial charge on any atom is 0.432 e. The van der Waals surface area contributed by atoms with E-state index in [1.165, 1.54) is 11.3 Å². The monoisotopic (exact) mass is 377 g/mol. The fourth-order valence-electron chi connectivity index (χ4n) is 2.25. The van der Waals surface area contributed by atoms with Gasteiger partial charge in [0.25, 0.3) is 5.91 Å². The molecule has 1 heterocycles. The van der Waals surface area contributed by atoms with Crippen LogP contribution < -0.4 is 5.32 Å². The molecule has 2 amide bonds. The molecule has 140 valence electrons. The van der Waals surface area contributed by atoms with Gasteiger partial charge in [0.15, 0.2) is 5.13 Å². The molecule has 26 heavy (non-hydrogen) atoms. The molecule has 0 radical (unpaired) electrons. The number of thiazole rings is 1. The lowest BCUT2D eigenvalue weighted by Crippen LogP contribution is -2.46. The summed E-state index contributed by atoms with van der Waals surface area (Å²) in [7, 11) is 0. The van der Waals surface area contributed by atoms with Crippen LogP contribution in [0.25, 0.3) is 0 Å². The van der Waals surface area contributed by atoms with Crippen molar-refractivity contribution >= 4 is 28.5 Å². The molecule has 2 rings (SSSR count). The van der Waals surface area contributed by atoms with E-state index < -0.39 is 18.0 Å². The average Bonchev–Trinajstić information content (AvgIpc) is 3.07. The molecule has 1 atom stereocenters. The summed E-state index contributed by atoms with van der Waals surface area (Å²) in [4.78, 5) is 34.7. The third kappa shape index (κ3) is 5.27. The first-order chi connectivity index (χ1) is 12.4. The molecule has 0 spiro atoms. The summed E-state index contributed by atoms with van der Waals surface area (Å²) in [5.74, 6) is -0.155. The van der Waals surface area contributed by atoms with Crippen molar-refractivity contribution in [3.05, 3.63) is 47.0 Å². The Morgan fingerprint density at radius 1 is 1.31 bits per heavy atom. The van der Waals surface area contributed by atoms with Gasteiger partial charge in [0.1, 0.15) is 12.6 Å². The predicted octanol–water partition coefficient (Wildman–Crippen LogP) is 4.10. The smallest absolute Gasteiger partial charge is 0.432 e. The highest BCUT2D eigenvalue weighted by Crippen LogP contribution is 2.25. The maximum atomic E-state index is 12.6. The van der Waals surface area contributed by atoms with E-state index in [1.807, 2.05) is 44.2 Å². The van der Waals surface area contributed by atoms with Crippen molar-refractivity contribution in [2.75, 3.05) is 5.32 Å². The Morgan fingerprint density at radius 3 is 2.54 bits per heavy atom. The number of amides is 2. The van der Waals surface area contributed by atoms with Crippen LogP contribution in [0.15, 0.2) is 36.5 Å². The Bertz CT molecular complexity index is 733. The number of nitrogens with one attached hydrogen (secondary N) is 1. The Hall–Kier alpha value is -2.45. The number of benzene rings is 1. The van der Waals surface area contributed by atoms with Gasteiger partial charge in [-0.05, 0) is 17.9 Å². The van der Waals surface area contributed by atoms with Crippen LogP contribution in [0.5, 0.6) is 0 Å². The van der Waals surface area contributed by atoms with Gasteiger partial charge < -0.3 is 10.4 Å². The number of hydrogen-bond acceptors (Lipinski definition) is 5. The zero-order valence-electron chi connectivity index (χ0n) is 15.0. The fourth-order valence-corrected chi connectivity index (χ4v) is 3.08. The summed E-state index contributed by atoms with van der Waals surface area (Å²) in [6.07, 6.45) is 0.673. The van der Waals surface area contributed by atoms with Crippen LogP contribution in [0.2, 0.25) is 0 Å². The summed E-state index contributed by atoms with van der Waals surface area (Å²) in [6, 6.07) is 8.21. The largest absolute Gasteiger partial charge is 0.463 e. The van der Waals surface area contributed by atoms with Crippen LogP contribution in [0.3, 0.4) is 0 Å². The number of carboxylic acid groups (broad SMARTS) is 1. The first kappa shape index (κ1) is 19.9. The molecule has 1 aromatic carbocycles. The van der Waals surface area contributed by atoms with Crippen LogP contribution >= 0.6 is 11.3 Å². The number of hydroxylamine groups is 2. The molecule has 0 aliphatic carbocycles. The molecule has 0 aliphatic heterocycles. The Balaban J connectivity index is 2.05. The van der Waals surface area contributed by atoms with Gasteiger partial charge in [0.05, 0.1) is 0 Å². The lowest BCUT2D eigenvalue weighted by Gasteiger charge is -2.26. The third-order valence-corrected chi connectivity index (χ3v) is 4.91. The summed E-state index contributed by atoms with van der Waals surface area (Å²) >= 11 is 1.38. The minimum absolute atomic E-state index is 0.0612. The van der Waals surface area contributed by atoms with Crippen molar-refractivity contribution < 1.29 is 19.5 Å². The lowest BCUT2D eigenvalue weighted by molar-refractivity contribution is -0.173. The topological polar surface area (TPSA) is 91.8 Å². The van der Waals surface area contributed by atoms with Crippen molar-refractivity contribution in [2.45, 2.75) is 45.8 Å². The average molecular weight is 377 g/mol. The summed E-state index contributed by atoms with van der Waals surface area (Å²) in [5, 5.41) is 13.3. The second kappa shape index (κ2) is 9.30. The van der Waals surface area contributed by atoms with Crippen LogP contribution in [-0.2, 0) is 16.2 Å². The fraction of sp³-hybridized carbons (Fsp3) is 0.389. The molecule has 0 saturated heterocycles. The second-order valence-corrected chi connectivity index (χ2v) is 7.07. The van der Waals surface area contributed by atoms with Crippen LogP contribution in [0.1, 0.15) is 43.6 Å². The van der Waals surface area contributed by atoms with E-state index in [9.17, 15) is 14.7 Å². The normalized spacial score (nSPS) is 12.0. The van der Waals surface area contributed by atoms with Crippen molar-refractivity contribution in [1.29, 1.82) is 0 Å². The Morgan fingerprint density at radius 2 is 2.00 bits per heavy atom. The van der Waals surface area contributed by atoms with Crippen molar-refractivity contribution in [3.8, 4) is 0 Å². The van der Waals surface area contributed by atoms with Gasteiger partial charge in [-0.15, -0.1) is 11.3 Å². The van der Waals surface area contributed by atoms with Gasteiger partial charge in [-0.1, -0.05) is 51.1 Å². The molecular weight excluding hydrogens is 354 g/mol. The minimum atomic E-state index is -1.31. The molecule has 1 aromatic heterocycles. The van der Waals surface area contributed by atoms with E-state index in [-0.39, 0.29) is 13.0 Å². The van der Waals surface area contributed by atoms with E-state index in [0.717, 1.165) is 10.4 Å². The first-order valence-corrected chi connectivity index (χ1v) is 9.19. The first-order valence-electron chi connectivity index (χ1n) is 8.38. The van der Waals surface area contributed by atoms with Crippen molar-refractivity contribution in [3.63, 3.8) is 0 Å². The highest BCUT2D eigenvalue weighted by Gasteiger charge is 2.30. The summed E-state index contributed by atoms with van der Waals surface area (Å²) < 4.78 is 0. The number of carbonyl (C=O) groups is 2. The van der Waals surface area contributed by atoms with Gasteiger partial charge >= 0.3 is 6.09 Å². The van der Waals surface area contributed by atoms with Crippen LogP contribution in [0, 0.1) is 0 Å².